The van der Waals surface area contributed by atoms with Gasteiger partial charge in [-0.2, -0.15) is 0 Å². The van der Waals surface area contributed by atoms with Crippen LogP contribution in [0.5, 0.6) is 0 Å². The Kier molecular flexibility index (Phi) is 2.91. The molecule has 0 saturated carbocycles. The van der Waals surface area contributed by atoms with Crippen LogP contribution in [0.15, 0.2) is 48.5 Å². The Labute approximate surface area is 123 Å². The Balaban J connectivity index is 0.00000121. The Morgan fingerprint density at radius 3 is 2.35 bits per heavy atom. The molecule has 2 aromatic rings. The molecule has 0 aromatic heterocycles. The SMILES string of the molecule is Cc1c2c3ccccc3nc-2n(C)c2ccccc12.Cl. The molecule has 100 valence electrons. The maximum atomic E-state index is 4.79. The van der Waals surface area contributed by atoms with E-state index in [9.17, 15) is 0 Å². The fourth-order valence-corrected chi connectivity index (χ4v) is 3.02. The summed E-state index contributed by atoms with van der Waals surface area (Å²) < 4.78 is 2.19. The minimum absolute atomic E-state index is 0. The lowest BCUT2D eigenvalue weighted by atomic mass is 10.0. The second kappa shape index (κ2) is 4.50. The van der Waals surface area contributed by atoms with Crippen molar-refractivity contribution < 1.29 is 0 Å². The monoisotopic (exact) mass is 282 g/mol. The summed E-state index contributed by atoms with van der Waals surface area (Å²) in [5, 5.41) is 2.55. The predicted molar refractivity (Wildman–Crippen MR) is 86.8 cm³/mol. The van der Waals surface area contributed by atoms with Crippen LogP contribution in [-0.4, -0.2) is 9.55 Å². The molecule has 0 unspecified atom stereocenters. The molecule has 0 N–H and O–H groups in total. The zero-order chi connectivity index (χ0) is 13.0. The molecule has 2 aliphatic heterocycles. The lowest BCUT2D eigenvalue weighted by Crippen LogP contribution is -2.01. The highest BCUT2D eigenvalue weighted by Gasteiger charge is 2.19. The molecule has 2 nitrogen and oxygen atoms in total. The van der Waals surface area contributed by atoms with Crippen LogP contribution in [0.2, 0.25) is 0 Å². The average molecular weight is 283 g/mol. The molecular formula is C17H15ClN2. The van der Waals surface area contributed by atoms with Crippen molar-refractivity contribution in [3.8, 4) is 11.4 Å². The number of fused-ring (bicyclic) bond motifs is 4. The summed E-state index contributed by atoms with van der Waals surface area (Å²) in [6.45, 7) is 2.19. The predicted octanol–water partition coefficient (Wildman–Crippen LogP) is 4.56. The van der Waals surface area contributed by atoms with Crippen LogP contribution in [-0.2, 0) is 7.05 Å². The van der Waals surface area contributed by atoms with Gasteiger partial charge in [0.25, 0.3) is 0 Å². The van der Waals surface area contributed by atoms with Crippen LogP contribution in [0, 0.1) is 6.92 Å². The van der Waals surface area contributed by atoms with Crippen molar-refractivity contribution in [2.45, 2.75) is 6.92 Å². The zero-order valence-electron chi connectivity index (χ0n) is 11.4. The Morgan fingerprint density at radius 2 is 1.55 bits per heavy atom. The molecule has 20 heavy (non-hydrogen) atoms. The summed E-state index contributed by atoms with van der Waals surface area (Å²) in [5.74, 6) is 1.07. The third-order valence-electron chi connectivity index (χ3n) is 3.99. The van der Waals surface area contributed by atoms with Crippen LogP contribution >= 0.6 is 12.4 Å². The quantitative estimate of drug-likeness (QED) is 0.462. The third-order valence-corrected chi connectivity index (χ3v) is 3.99. The summed E-state index contributed by atoms with van der Waals surface area (Å²) in [7, 11) is 2.09. The summed E-state index contributed by atoms with van der Waals surface area (Å²) >= 11 is 0. The second-order valence-corrected chi connectivity index (χ2v) is 5.03. The van der Waals surface area contributed by atoms with Crippen LogP contribution in [0.1, 0.15) is 5.56 Å². The Morgan fingerprint density at radius 1 is 0.900 bits per heavy atom. The van der Waals surface area contributed by atoms with Crippen LogP contribution in [0.3, 0.4) is 0 Å². The number of benzene rings is 2. The van der Waals surface area contributed by atoms with E-state index >= 15 is 0 Å². The second-order valence-electron chi connectivity index (χ2n) is 5.03. The van der Waals surface area contributed by atoms with E-state index in [4.69, 9.17) is 4.98 Å². The van der Waals surface area contributed by atoms with Gasteiger partial charge in [0.15, 0.2) is 0 Å². The first-order valence-electron chi connectivity index (χ1n) is 6.50. The molecular weight excluding hydrogens is 268 g/mol. The molecule has 0 spiro atoms. The van der Waals surface area contributed by atoms with E-state index < -0.39 is 0 Å². The van der Waals surface area contributed by atoms with E-state index in [-0.39, 0.29) is 12.4 Å². The van der Waals surface area contributed by atoms with Gasteiger partial charge in [-0.1, -0.05) is 36.4 Å². The van der Waals surface area contributed by atoms with E-state index in [0.717, 1.165) is 11.3 Å². The molecule has 2 heterocycles. The fourth-order valence-electron chi connectivity index (χ4n) is 3.02. The van der Waals surface area contributed by atoms with Gasteiger partial charge in [-0.3, -0.25) is 0 Å². The van der Waals surface area contributed by atoms with Gasteiger partial charge in [-0.05, 0) is 24.6 Å². The van der Waals surface area contributed by atoms with Gasteiger partial charge >= 0.3 is 0 Å². The highest BCUT2D eigenvalue weighted by molar-refractivity contribution is 6.03. The van der Waals surface area contributed by atoms with E-state index in [1.54, 1.807) is 0 Å². The molecule has 0 aliphatic carbocycles. The summed E-state index contributed by atoms with van der Waals surface area (Å²) in [6, 6.07) is 16.9. The maximum Gasteiger partial charge on any atom is 0.141 e. The first-order chi connectivity index (χ1) is 9.27. The normalized spacial score (nSPS) is 11.1. The van der Waals surface area contributed by atoms with E-state index in [0.29, 0.717) is 0 Å². The van der Waals surface area contributed by atoms with Crippen LogP contribution in [0.4, 0.5) is 0 Å². The lowest BCUT2D eigenvalue weighted by Gasteiger charge is -2.14. The number of hydrogen-bond acceptors (Lipinski definition) is 1. The highest BCUT2D eigenvalue weighted by Crippen LogP contribution is 2.37. The molecule has 0 bridgehead atoms. The number of aryl methyl sites for hydroxylation is 2. The number of pyridine rings is 1. The number of nitrogens with zero attached hydrogens (tertiary/aromatic N) is 2. The van der Waals surface area contributed by atoms with Crippen molar-refractivity contribution in [2.24, 2.45) is 7.05 Å². The van der Waals surface area contributed by atoms with Crippen molar-refractivity contribution in [1.82, 2.24) is 9.55 Å². The van der Waals surface area contributed by atoms with Crippen molar-refractivity contribution in [3.63, 3.8) is 0 Å². The summed E-state index contributed by atoms with van der Waals surface area (Å²) in [4.78, 5) is 4.79. The minimum atomic E-state index is 0. The molecule has 0 saturated heterocycles. The molecule has 2 aromatic carbocycles. The first kappa shape index (κ1) is 12.9. The maximum absolute atomic E-state index is 4.79. The zero-order valence-corrected chi connectivity index (χ0v) is 12.2. The number of rotatable bonds is 0. The van der Waals surface area contributed by atoms with E-state index in [1.165, 1.54) is 27.4 Å². The van der Waals surface area contributed by atoms with Crippen LogP contribution < -0.4 is 0 Å². The molecule has 3 heteroatoms. The van der Waals surface area contributed by atoms with Crippen molar-refractivity contribution in [2.75, 3.05) is 0 Å². The van der Waals surface area contributed by atoms with Gasteiger partial charge in [0.1, 0.15) is 5.82 Å². The first-order valence-corrected chi connectivity index (χ1v) is 6.50. The highest BCUT2D eigenvalue weighted by atomic mass is 35.5. The molecule has 0 radical (unpaired) electrons. The van der Waals surface area contributed by atoms with Gasteiger partial charge < -0.3 is 4.57 Å². The largest absolute Gasteiger partial charge is 0.328 e. The lowest BCUT2D eigenvalue weighted by molar-refractivity contribution is 0.936. The van der Waals surface area contributed by atoms with Crippen LogP contribution in [0.25, 0.3) is 33.2 Å². The molecule has 0 fully saturated rings. The van der Waals surface area contributed by atoms with Gasteiger partial charge in [-0.25, -0.2) is 4.98 Å². The third kappa shape index (κ3) is 1.55. The van der Waals surface area contributed by atoms with Gasteiger partial charge in [0, 0.05) is 28.9 Å². The Hall–Kier alpha value is -2.06. The van der Waals surface area contributed by atoms with Gasteiger partial charge in [-0.15, -0.1) is 12.4 Å². The van der Waals surface area contributed by atoms with Gasteiger partial charge in [0.2, 0.25) is 0 Å². The van der Waals surface area contributed by atoms with Crippen molar-refractivity contribution >= 4 is 34.2 Å². The van der Waals surface area contributed by atoms with Crippen molar-refractivity contribution in [1.29, 1.82) is 0 Å². The molecule has 0 atom stereocenters. The topological polar surface area (TPSA) is 17.8 Å². The fraction of sp³-hybridized carbons (Fsp3) is 0.118. The number of halogens is 1. The summed E-state index contributed by atoms with van der Waals surface area (Å²) in [5.41, 5.74) is 4.90. The van der Waals surface area contributed by atoms with Gasteiger partial charge in [0.05, 0.1) is 5.52 Å². The van der Waals surface area contributed by atoms with Crippen molar-refractivity contribution in [3.05, 3.63) is 54.1 Å². The number of aromatic nitrogens is 2. The van der Waals surface area contributed by atoms with E-state index in [1.807, 2.05) is 6.07 Å². The molecule has 2 aliphatic rings. The van der Waals surface area contributed by atoms with E-state index in [2.05, 4.69) is 61.0 Å². The molecule has 0 amide bonds. The Bertz CT molecular complexity index is 892. The molecule has 4 rings (SSSR count). The minimum Gasteiger partial charge on any atom is -0.328 e. The number of para-hydroxylation sites is 2. The smallest absolute Gasteiger partial charge is 0.141 e. The average Bonchev–Trinajstić information content (AvgIpc) is 2.84. The number of hydrogen-bond donors (Lipinski definition) is 0. The summed E-state index contributed by atoms with van der Waals surface area (Å²) in [6.07, 6.45) is 0. The standard InChI is InChI=1S/C17H14N2.ClH/c1-11-12-7-4-6-10-15(12)19(2)17-16(11)13-8-3-5-9-14(13)18-17;/h3-10H,1-2H3;1H.